The largest absolute Gasteiger partial charge is 0.349 e. The molecule has 0 aliphatic carbocycles. The van der Waals surface area contributed by atoms with E-state index in [4.69, 9.17) is 0 Å². The van der Waals surface area contributed by atoms with E-state index in [1.54, 1.807) is 10.9 Å². The second-order valence-electron chi connectivity index (χ2n) is 4.37. The summed E-state index contributed by atoms with van der Waals surface area (Å²) in [6.07, 6.45) is 6.10. The second-order valence-corrected chi connectivity index (χ2v) is 4.37. The molecule has 0 saturated carbocycles. The summed E-state index contributed by atoms with van der Waals surface area (Å²) in [5.74, 6) is -0.360. The van der Waals surface area contributed by atoms with Crippen molar-refractivity contribution in [3.8, 4) is 0 Å². The van der Waals surface area contributed by atoms with Gasteiger partial charge in [-0.1, -0.05) is 0 Å². The SMILES string of the molecule is Cc1cnn([C@@H](C)CNC(=O)c2cncc(=O)[nH]2)c1. The van der Waals surface area contributed by atoms with Crippen LogP contribution in [0.3, 0.4) is 0 Å². The number of amides is 1. The average Bonchev–Trinajstić information content (AvgIpc) is 2.82. The summed E-state index contributed by atoms with van der Waals surface area (Å²) in [6, 6.07) is 0.0287. The van der Waals surface area contributed by atoms with Gasteiger partial charge < -0.3 is 10.3 Å². The second kappa shape index (κ2) is 5.47. The average molecular weight is 261 g/mol. The molecular formula is C12H15N5O2. The molecule has 0 saturated heterocycles. The summed E-state index contributed by atoms with van der Waals surface area (Å²) in [6.45, 7) is 4.31. The van der Waals surface area contributed by atoms with Gasteiger partial charge in [-0.3, -0.25) is 19.3 Å². The third kappa shape index (κ3) is 3.27. The van der Waals surface area contributed by atoms with E-state index in [-0.39, 0.29) is 17.6 Å². The number of carbonyl (C=O) groups excluding carboxylic acids is 1. The summed E-state index contributed by atoms with van der Waals surface area (Å²) in [5.41, 5.74) is 0.814. The summed E-state index contributed by atoms with van der Waals surface area (Å²) >= 11 is 0. The van der Waals surface area contributed by atoms with Crippen molar-refractivity contribution in [2.45, 2.75) is 19.9 Å². The normalized spacial score (nSPS) is 12.1. The highest BCUT2D eigenvalue weighted by Crippen LogP contribution is 2.04. The highest BCUT2D eigenvalue weighted by atomic mass is 16.2. The van der Waals surface area contributed by atoms with Crippen molar-refractivity contribution in [3.05, 3.63) is 46.4 Å². The van der Waals surface area contributed by atoms with Gasteiger partial charge in [0.25, 0.3) is 11.5 Å². The predicted molar refractivity (Wildman–Crippen MR) is 68.9 cm³/mol. The predicted octanol–water partition coefficient (Wildman–Crippen LogP) is 0.266. The minimum atomic E-state index is -0.400. The number of aromatic amines is 1. The summed E-state index contributed by atoms with van der Waals surface area (Å²) in [7, 11) is 0. The molecule has 7 nitrogen and oxygen atoms in total. The zero-order valence-corrected chi connectivity index (χ0v) is 10.8. The number of aromatic nitrogens is 4. The van der Waals surface area contributed by atoms with Crippen LogP contribution in [0, 0.1) is 6.92 Å². The number of carbonyl (C=O) groups is 1. The Morgan fingerprint density at radius 3 is 2.89 bits per heavy atom. The Labute approximate surface area is 109 Å². The van der Waals surface area contributed by atoms with Gasteiger partial charge in [-0.2, -0.15) is 5.10 Å². The number of nitrogens with one attached hydrogen (secondary N) is 2. The lowest BCUT2D eigenvalue weighted by Gasteiger charge is -2.13. The van der Waals surface area contributed by atoms with E-state index in [0.717, 1.165) is 11.8 Å². The molecule has 0 aliphatic heterocycles. The molecule has 2 aromatic heterocycles. The van der Waals surface area contributed by atoms with Crippen LogP contribution in [0.15, 0.2) is 29.6 Å². The van der Waals surface area contributed by atoms with Crippen LogP contribution >= 0.6 is 0 Å². The smallest absolute Gasteiger partial charge is 0.269 e. The van der Waals surface area contributed by atoms with Gasteiger partial charge in [0.05, 0.1) is 24.6 Å². The summed E-state index contributed by atoms with van der Waals surface area (Å²) in [5, 5.41) is 6.90. The van der Waals surface area contributed by atoms with E-state index in [9.17, 15) is 9.59 Å². The summed E-state index contributed by atoms with van der Waals surface area (Å²) in [4.78, 5) is 28.9. The van der Waals surface area contributed by atoms with Crippen LogP contribution in [0.2, 0.25) is 0 Å². The van der Waals surface area contributed by atoms with Gasteiger partial charge in [0.1, 0.15) is 5.69 Å². The van der Waals surface area contributed by atoms with Gasteiger partial charge in [-0.05, 0) is 19.4 Å². The van der Waals surface area contributed by atoms with Crippen LogP contribution in [-0.2, 0) is 0 Å². The van der Waals surface area contributed by atoms with Crippen LogP contribution < -0.4 is 10.9 Å². The maximum Gasteiger partial charge on any atom is 0.269 e. The lowest BCUT2D eigenvalue weighted by Crippen LogP contribution is -2.31. The van der Waals surface area contributed by atoms with Crippen LogP contribution in [0.25, 0.3) is 0 Å². The van der Waals surface area contributed by atoms with Crippen molar-refractivity contribution in [2.24, 2.45) is 0 Å². The van der Waals surface area contributed by atoms with Crippen molar-refractivity contribution in [3.63, 3.8) is 0 Å². The molecule has 0 unspecified atom stereocenters. The van der Waals surface area contributed by atoms with Crippen molar-refractivity contribution in [2.75, 3.05) is 6.54 Å². The molecule has 0 radical (unpaired) electrons. The van der Waals surface area contributed by atoms with Gasteiger partial charge in [0.15, 0.2) is 0 Å². The van der Waals surface area contributed by atoms with Crippen molar-refractivity contribution >= 4 is 5.91 Å². The third-order valence-corrected chi connectivity index (χ3v) is 2.64. The molecule has 0 fully saturated rings. The maximum absolute atomic E-state index is 11.8. The Bertz CT molecular complexity index is 631. The number of aryl methyl sites for hydroxylation is 1. The van der Waals surface area contributed by atoms with E-state index < -0.39 is 5.56 Å². The van der Waals surface area contributed by atoms with Crippen LogP contribution in [0.5, 0.6) is 0 Å². The van der Waals surface area contributed by atoms with E-state index in [0.29, 0.717) is 6.54 Å². The Morgan fingerprint density at radius 2 is 2.26 bits per heavy atom. The molecule has 100 valence electrons. The first-order valence-electron chi connectivity index (χ1n) is 5.89. The fourth-order valence-electron chi connectivity index (χ4n) is 1.60. The van der Waals surface area contributed by atoms with Gasteiger partial charge >= 0.3 is 0 Å². The molecule has 7 heteroatoms. The van der Waals surface area contributed by atoms with Gasteiger partial charge in [0, 0.05) is 12.7 Å². The Morgan fingerprint density at radius 1 is 1.47 bits per heavy atom. The number of rotatable bonds is 4. The van der Waals surface area contributed by atoms with Crippen molar-refractivity contribution in [1.29, 1.82) is 0 Å². The Hall–Kier alpha value is -2.44. The topological polar surface area (TPSA) is 92.7 Å². The molecule has 2 heterocycles. The number of nitrogens with zero attached hydrogens (tertiary/aromatic N) is 3. The van der Waals surface area contributed by atoms with Gasteiger partial charge in [-0.15, -0.1) is 0 Å². The molecule has 19 heavy (non-hydrogen) atoms. The standard InChI is InChI=1S/C12H15N5O2/c1-8-3-15-17(7-8)9(2)4-14-12(19)10-5-13-6-11(18)16-10/h3,5-7,9H,4H2,1-2H3,(H,14,19)(H,16,18)/t9-/m0/s1. The molecule has 1 amide bonds. The first-order chi connectivity index (χ1) is 9.06. The van der Waals surface area contributed by atoms with E-state index in [1.807, 2.05) is 20.0 Å². The molecule has 0 aliphatic rings. The number of hydrogen-bond acceptors (Lipinski definition) is 4. The van der Waals surface area contributed by atoms with E-state index in [1.165, 1.54) is 6.20 Å². The quantitative estimate of drug-likeness (QED) is 0.826. The number of hydrogen-bond donors (Lipinski definition) is 2. The molecule has 2 rings (SSSR count). The van der Waals surface area contributed by atoms with Gasteiger partial charge in [-0.25, -0.2) is 0 Å². The monoisotopic (exact) mass is 261 g/mol. The zero-order chi connectivity index (χ0) is 13.8. The Balaban J connectivity index is 1.95. The van der Waals surface area contributed by atoms with E-state index >= 15 is 0 Å². The van der Waals surface area contributed by atoms with Crippen LogP contribution in [0.1, 0.15) is 29.0 Å². The van der Waals surface area contributed by atoms with Gasteiger partial charge in [0.2, 0.25) is 0 Å². The maximum atomic E-state index is 11.8. The molecule has 0 bridgehead atoms. The van der Waals surface area contributed by atoms with Crippen LogP contribution in [-0.4, -0.2) is 32.2 Å². The minimum absolute atomic E-state index is 0.0287. The fraction of sp³-hybridized carbons (Fsp3) is 0.333. The molecule has 2 aromatic rings. The molecule has 0 spiro atoms. The lowest BCUT2D eigenvalue weighted by molar-refractivity contribution is 0.0942. The zero-order valence-electron chi connectivity index (χ0n) is 10.8. The molecule has 1 atom stereocenters. The highest BCUT2D eigenvalue weighted by Gasteiger charge is 2.10. The first-order valence-corrected chi connectivity index (χ1v) is 5.89. The van der Waals surface area contributed by atoms with Crippen LogP contribution in [0.4, 0.5) is 0 Å². The number of H-pyrrole nitrogens is 1. The fourth-order valence-corrected chi connectivity index (χ4v) is 1.60. The first kappa shape index (κ1) is 13.0. The lowest BCUT2D eigenvalue weighted by atomic mass is 10.3. The van der Waals surface area contributed by atoms with Crippen molar-refractivity contribution in [1.82, 2.24) is 25.1 Å². The Kier molecular flexibility index (Phi) is 3.74. The molecular weight excluding hydrogens is 246 g/mol. The summed E-state index contributed by atoms with van der Waals surface area (Å²) < 4.78 is 1.78. The van der Waals surface area contributed by atoms with Crippen molar-refractivity contribution < 1.29 is 4.79 Å². The minimum Gasteiger partial charge on any atom is -0.349 e. The molecule has 0 aromatic carbocycles. The molecule has 2 N–H and O–H groups in total. The third-order valence-electron chi connectivity index (χ3n) is 2.64. The highest BCUT2D eigenvalue weighted by molar-refractivity contribution is 5.91. The van der Waals surface area contributed by atoms with E-state index in [2.05, 4.69) is 20.4 Å².